The standard InChI is InChI=1S/C16H21N5O/c1-19(2)15-10-13(5-6-18-15)16(22)20-8-3-4-14(11-20)21-9-7-17-12-21/h5-7,9-10,12,14H,3-4,8,11H2,1-2H3. The Morgan fingerprint density at radius 2 is 2.23 bits per heavy atom. The van der Waals surface area contributed by atoms with E-state index in [2.05, 4.69) is 14.5 Å². The fraction of sp³-hybridized carbons (Fsp3) is 0.438. The van der Waals surface area contributed by atoms with Gasteiger partial charge in [-0.1, -0.05) is 0 Å². The van der Waals surface area contributed by atoms with Gasteiger partial charge in [0, 0.05) is 51.3 Å². The number of hydrogen-bond acceptors (Lipinski definition) is 4. The van der Waals surface area contributed by atoms with Crippen LogP contribution in [-0.2, 0) is 0 Å². The molecule has 22 heavy (non-hydrogen) atoms. The van der Waals surface area contributed by atoms with E-state index < -0.39 is 0 Å². The maximum absolute atomic E-state index is 12.7. The number of nitrogens with zero attached hydrogens (tertiary/aromatic N) is 5. The Bertz CT molecular complexity index is 638. The van der Waals surface area contributed by atoms with Crippen LogP contribution in [-0.4, -0.2) is 52.5 Å². The van der Waals surface area contributed by atoms with Gasteiger partial charge in [-0.2, -0.15) is 0 Å². The number of amides is 1. The Balaban J connectivity index is 1.75. The summed E-state index contributed by atoms with van der Waals surface area (Å²) in [4.78, 5) is 24.9. The largest absolute Gasteiger partial charge is 0.363 e. The van der Waals surface area contributed by atoms with Gasteiger partial charge in [-0.25, -0.2) is 9.97 Å². The number of aromatic nitrogens is 3. The van der Waals surface area contributed by atoms with Crippen molar-refractivity contribution in [1.29, 1.82) is 0 Å². The molecule has 1 atom stereocenters. The molecule has 1 aliphatic rings. The van der Waals surface area contributed by atoms with E-state index in [4.69, 9.17) is 0 Å². The molecule has 1 unspecified atom stereocenters. The van der Waals surface area contributed by atoms with Crippen LogP contribution in [0.3, 0.4) is 0 Å². The van der Waals surface area contributed by atoms with Gasteiger partial charge in [0.25, 0.3) is 5.91 Å². The van der Waals surface area contributed by atoms with Gasteiger partial charge in [0.05, 0.1) is 12.4 Å². The van der Waals surface area contributed by atoms with Gasteiger partial charge >= 0.3 is 0 Å². The Morgan fingerprint density at radius 1 is 1.36 bits per heavy atom. The van der Waals surface area contributed by atoms with E-state index in [1.807, 2.05) is 42.5 Å². The van der Waals surface area contributed by atoms with Gasteiger partial charge < -0.3 is 14.4 Å². The average molecular weight is 299 g/mol. The van der Waals surface area contributed by atoms with Gasteiger partial charge in [-0.3, -0.25) is 4.79 Å². The zero-order valence-corrected chi connectivity index (χ0v) is 13.0. The minimum Gasteiger partial charge on any atom is -0.363 e. The highest BCUT2D eigenvalue weighted by atomic mass is 16.2. The summed E-state index contributed by atoms with van der Waals surface area (Å²) in [5.74, 6) is 0.879. The minimum absolute atomic E-state index is 0.0790. The highest BCUT2D eigenvalue weighted by Crippen LogP contribution is 2.23. The topological polar surface area (TPSA) is 54.3 Å². The molecule has 3 heterocycles. The first kappa shape index (κ1) is 14.6. The predicted molar refractivity (Wildman–Crippen MR) is 85.0 cm³/mol. The summed E-state index contributed by atoms with van der Waals surface area (Å²) in [6, 6.07) is 3.95. The van der Waals surface area contributed by atoms with Crippen molar-refractivity contribution in [1.82, 2.24) is 19.4 Å². The smallest absolute Gasteiger partial charge is 0.254 e. The summed E-state index contributed by atoms with van der Waals surface area (Å²) in [6.07, 6.45) is 9.37. The molecular weight excluding hydrogens is 278 g/mol. The zero-order valence-electron chi connectivity index (χ0n) is 13.0. The fourth-order valence-corrected chi connectivity index (χ4v) is 2.85. The van der Waals surface area contributed by atoms with Crippen molar-refractivity contribution >= 4 is 11.7 Å². The highest BCUT2D eigenvalue weighted by Gasteiger charge is 2.25. The Labute approximate surface area is 130 Å². The van der Waals surface area contributed by atoms with Crippen LogP contribution in [0.2, 0.25) is 0 Å². The first-order chi connectivity index (χ1) is 10.6. The monoisotopic (exact) mass is 299 g/mol. The van der Waals surface area contributed by atoms with E-state index in [1.54, 1.807) is 18.5 Å². The molecule has 0 saturated carbocycles. The van der Waals surface area contributed by atoms with E-state index in [0.29, 0.717) is 11.6 Å². The number of rotatable bonds is 3. The van der Waals surface area contributed by atoms with Crippen LogP contribution < -0.4 is 4.90 Å². The molecule has 6 heteroatoms. The number of imidazole rings is 1. The third-order valence-corrected chi connectivity index (χ3v) is 4.08. The van der Waals surface area contributed by atoms with Crippen molar-refractivity contribution in [2.75, 3.05) is 32.1 Å². The summed E-state index contributed by atoms with van der Waals surface area (Å²) < 4.78 is 2.09. The molecule has 0 spiro atoms. The molecular formula is C16H21N5O. The minimum atomic E-state index is 0.0790. The van der Waals surface area contributed by atoms with E-state index in [-0.39, 0.29) is 5.91 Å². The lowest BCUT2D eigenvalue weighted by Gasteiger charge is -2.33. The van der Waals surface area contributed by atoms with Gasteiger partial charge in [0.1, 0.15) is 5.82 Å². The third-order valence-electron chi connectivity index (χ3n) is 4.08. The molecule has 0 aromatic carbocycles. The SMILES string of the molecule is CN(C)c1cc(C(=O)N2CCCC(n3ccnc3)C2)ccn1. The van der Waals surface area contributed by atoms with Crippen LogP contribution in [0.1, 0.15) is 29.2 Å². The summed E-state index contributed by atoms with van der Waals surface area (Å²) in [5.41, 5.74) is 0.699. The molecule has 2 aromatic rings. The van der Waals surface area contributed by atoms with Crippen molar-refractivity contribution in [3.05, 3.63) is 42.6 Å². The molecule has 3 rings (SSSR count). The molecule has 2 aromatic heterocycles. The maximum Gasteiger partial charge on any atom is 0.254 e. The van der Waals surface area contributed by atoms with Crippen molar-refractivity contribution in [2.45, 2.75) is 18.9 Å². The summed E-state index contributed by atoms with van der Waals surface area (Å²) in [6.45, 7) is 1.54. The fourth-order valence-electron chi connectivity index (χ4n) is 2.85. The highest BCUT2D eigenvalue weighted by molar-refractivity contribution is 5.94. The molecule has 1 amide bonds. The number of hydrogen-bond donors (Lipinski definition) is 0. The van der Waals surface area contributed by atoms with Gasteiger partial charge in [-0.15, -0.1) is 0 Å². The lowest BCUT2D eigenvalue weighted by Crippen LogP contribution is -2.40. The summed E-state index contributed by atoms with van der Waals surface area (Å²) >= 11 is 0. The zero-order chi connectivity index (χ0) is 15.5. The van der Waals surface area contributed by atoms with Crippen LogP contribution in [0.15, 0.2) is 37.1 Å². The van der Waals surface area contributed by atoms with Gasteiger partial charge in [0.15, 0.2) is 0 Å². The van der Waals surface area contributed by atoms with Gasteiger partial charge in [-0.05, 0) is 25.0 Å². The molecule has 6 nitrogen and oxygen atoms in total. The van der Waals surface area contributed by atoms with E-state index in [1.165, 1.54) is 0 Å². The number of pyridine rings is 1. The van der Waals surface area contributed by atoms with Crippen molar-refractivity contribution in [3.63, 3.8) is 0 Å². The number of likely N-dealkylation sites (tertiary alicyclic amines) is 1. The molecule has 116 valence electrons. The number of anilines is 1. The molecule has 0 radical (unpaired) electrons. The molecule has 1 saturated heterocycles. The Kier molecular flexibility index (Phi) is 4.09. The van der Waals surface area contributed by atoms with Gasteiger partial charge in [0.2, 0.25) is 0 Å². The Hall–Kier alpha value is -2.37. The normalized spacial score (nSPS) is 18.3. The van der Waals surface area contributed by atoms with E-state index in [0.717, 1.165) is 31.7 Å². The summed E-state index contributed by atoms with van der Waals surface area (Å²) in [7, 11) is 3.85. The number of carbonyl (C=O) groups is 1. The van der Waals surface area contributed by atoms with E-state index >= 15 is 0 Å². The van der Waals surface area contributed by atoms with Crippen molar-refractivity contribution < 1.29 is 4.79 Å². The number of piperidine rings is 1. The van der Waals surface area contributed by atoms with Crippen molar-refractivity contribution in [2.24, 2.45) is 0 Å². The van der Waals surface area contributed by atoms with Crippen LogP contribution in [0, 0.1) is 0 Å². The Morgan fingerprint density at radius 3 is 2.95 bits per heavy atom. The maximum atomic E-state index is 12.7. The van der Waals surface area contributed by atoms with Crippen LogP contribution >= 0.6 is 0 Å². The third kappa shape index (κ3) is 2.95. The quantitative estimate of drug-likeness (QED) is 0.867. The van der Waals surface area contributed by atoms with Crippen LogP contribution in [0.25, 0.3) is 0 Å². The lowest BCUT2D eigenvalue weighted by atomic mass is 10.0. The molecule has 1 fully saturated rings. The first-order valence-corrected chi connectivity index (χ1v) is 7.55. The van der Waals surface area contributed by atoms with Crippen LogP contribution in [0.4, 0.5) is 5.82 Å². The average Bonchev–Trinajstić information content (AvgIpc) is 3.09. The second-order valence-corrected chi connectivity index (χ2v) is 5.85. The molecule has 0 aliphatic carbocycles. The second kappa shape index (κ2) is 6.17. The summed E-state index contributed by atoms with van der Waals surface area (Å²) in [5, 5.41) is 0. The van der Waals surface area contributed by atoms with Crippen molar-refractivity contribution in [3.8, 4) is 0 Å². The second-order valence-electron chi connectivity index (χ2n) is 5.85. The first-order valence-electron chi connectivity index (χ1n) is 7.55. The number of carbonyl (C=O) groups excluding carboxylic acids is 1. The predicted octanol–water partition coefficient (Wildman–Crippen LogP) is 1.82. The van der Waals surface area contributed by atoms with E-state index in [9.17, 15) is 4.79 Å². The molecule has 0 N–H and O–H groups in total. The lowest BCUT2D eigenvalue weighted by molar-refractivity contribution is 0.0679. The van der Waals surface area contributed by atoms with Crippen LogP contribution in [0.5, 0.6) is 0 Å². The molecule has 1 aliphatic heterocycles. The molecule has 0 bridgehead atoms.